The van der Waals surface area contributed by atoms with Crippen molar-refractivity contribution in [3.8, 4) is 23.0 Å². The van der Waals surface area contributed by atoms with Crippen molar-refractivity contribution in [2.75, 3.05) is 19.5 Å². The molecule has 0 aliphatic rings. The Morgan fingerprint density at radius 2 is 1.42 bits per heavy atom. The summed E-state index contributed by atoms with van der Waals surface area (Å²) < 4.78 is 17.0. The fraction of sp³-hybridized carbons (Fsp3) is 0.222. The first-order valence-corrected chi connectivity index (χ1v) is 11.0. The molecule has 3 aromatic carbocycles. The number of anilines is 2. The van der Waals surface area contributed by atoms with E-state index >= 15 is 0 Å². The van der Waals surface area contributed by atoms with E-state index in [1.54, 1.807) is 26.5 Å². The van der Waals surface area contributed by atoms with Crippen LogP contribution in [0.5, 0.6) is 23.0 Å². The molecule has 0 aliphatic heterocycles. The highest BCUT2D eigenvalue weighted by Gasteiger charge is 2.14. The number of pyridine rings is 1. The average molecular weight is 463 g/mol. The Bertz CT molecular complexity index is 1280. The maximum absolute atomic E-state index is 6.56. The summed E-state index contributed by atoms with van der Waals surface area (Å²) in [5.74, 6) is 2.39. The fourth-order valence-electron chi connectivity index (χ4n) is 3.54. The van der Waals surface area contributed by atoms with Crippen molar-refractivity contribution < 1.29 is 14.2 Å². The van der Waals surface area contributed by atoms with Crippen molar-refractivity contribution in [3.05, 3.63) is 77.4 Å². The van der Waals surface area contributed by atoms with Crippen molar-refractivity contribution in [3.63, 3.8) is 0 Å². The van der Waals surface area contributed by atoms with Gasteiger partial charge in [-0.15, -0.1) is 0 Å². The van der Waals surface area contributed by atoms with Gasteiger partial charge in [0.05, 0.1) is 24.8 Å². The van der Waals surface area contributed by atoms with Gasteiger partial charge in [0.2, 0.25) is 0 Å². The van der Waals surface area contributed by atoms with Gasteiger partial charge in [0.15, 0.2) is 11.5 Å². The molecule has 0 atom stereocenters. The molecule has 1 aromatic heterocycles. The van der Waals surface area contributed by atoms with Crippen LogP contribution in [0, 0.1) is 0 Å². The largest absolute Gasteiger partial charge is 0.493 e. The number of hydrogen-bond donors (Lipinski definition) is 1. The van der Waals surface area contributed by atoms with Crippen LogP contribution in [0.4, 0.5) is 11.4 Å². The lowest BCUT2D eigenvalue weighted by atomic mass is 9.87. The van der Waals surface area contributed by atoms with Crippen LogP contribution in [-0.2, 0) is 5.41 Å². The molecule has 0 amide bonds. The van der Waals surface area contributed by atoms with Crippen LogP contribution in [-0.4, -0.2) is 19.2 Å². The van der Waals surface area contributed by atoms with Crippen LogP contribution in [0.1, 0.15) is 26.3 Å². The molecule has 170 valence electrons. The quantitative estimate of drug-likeness (QED) is 0.317. The van der Waals surface area contributed by atoms with Crippen molar-refractivity contribution in [2.45, 2.75) is 26.2 Å². The van der Waals surface area contributed by atoms with Crippen molar-refractivity contribution in [1.82, 2.24) is 4.98 Å². The van der Waals surface area contributed by atoms with Crippen molar-refractivity contribution in [1.29, 1.82) is 0 Å². The zero-order chi connectivity index (χ0) is 23.6. The number of hydrogen-bond acceptors (Lipinski definition) is 5. The van der Waals surface area contributed by atoms with E-state index in [1.807, 2.05) is 30.3 Å². The molecular formula is C27H27ClN2O3. The summed E-state index contributed by atoms with van der Waals surface area (Å²) >= 11 is 6.56. The monoisotopic (exact) mass is 462 g/mol. The van der Waals surface area contributed by atoms with E-state index in [0.717, 1.165) is 22.3 Å². The number of nitrogens with one attached hydrogen (secondary N) is 1. The molecule has 0 saturated carbocycles. The molecule has 1 N–H and O–H groups in total. The fourth-order valence-corrected chi connectivity index (χ4v) is 3.76. The number of benzene rings is 3. The summed E-state index contributed by atoms with van der Waals surface area (Å²) in [6.07, 6.45) is 1.69. The summed E-state index contributed by atoms with van der Waals surface area (Å²) in [7, 11) is 3.19. The van der Waals surface area contributed by atoms with Crippen LogP contribution >= 0.6 is 11.6 Å². The van der Waals surface area contributed by atoms with Crippen molar-refractivity contribution >= 4 is 33.9 Å². The molecule has 0 saturated heterocycles. The molecule has 0 fully saturated rings. The van der Waals surface area contributed by atoms with E-state index in [1.165, 1.54) is 5.56 Å². The minimum Gasteiger partial charge on any atom is -0.493 e. The summed E-state index contributed by atoms with van der Waals surface area (Å²) in [4.78, 5) is 4.41. The van der Waals surface area contributed by atoms with Crippen LogP contribution in [0.25, 0.3) is 10.9 Å². The second-order valence-corrected chi connectivity index (χ2v) is 9.14. The van der Waals surface area contributed by atoms with Crippen LogP contribution in [0.15, 0.2) is 66.9 Å². The number of ether oxygens (including phenoxy) is 3. The second-order valence-electron chi connectivity index (χ2n) is 8.73. The van der Waals surface area contributed by atoms with Gasteiger partial charge in [-0.2, -0.15) is 0 Å². The third kappa shape index (κ3) is 4.99. The van der Waals surface area contributed by atoms with E-state index in [0.29, 0.717) is 28.0 Å². The summed E-state index contributed by atoms with van der Waals surface area (Å²) in [5, 5.41) is 4.69. The summed E-state index contributed by atoms with van der Waals surface area (Å²) in [6.45, 7) is 6.60. The van der Waals surface area contributed by atoms with Crippen molar-refractivity contribution in [2.24, 2.45) is 0 Å². The number of aromatic nitrogens is 1. The van der Waals surface area contributed by atoms with E-state index in [-0.39, 0.29) is 5.41 Å². The third-order valence-electron chi connectivity index (χ3n) is 5.40. The molecule has 6 heteroatoms. The minimum absolute atomic E-state index is 0.118. The lowest BCUT2D eigenvalue weighted by molar-refractivity contribution is 0.355. The Morgan fingerprint density at radius 3 is 2.06 bits per heavy atom. The van der Waals surface area contributed by atoms with Crippen LogP contribution in [0.3, 0.4) is 0 Å². The Kier molecular flexibility index (Phi) is 6.34. The van der Waals surface area contributed by atoms with E-state index in [2.05, 4.69) is 55.3 Å². The van der Waals surface area contributed by atoms with E-state index in [4.69, 9.17) is 25.8 Å². The molecule has 0 unspecified atom stereocenters. The van der Waals surface area contributed by atoms with Gasteiger partial charge in [-0.1, -0.05) is 44.5 Å². The average Bonchev–Trinajstić information content (AvgIpc) is 2.80. The highest BCUT2D eigenvalue weighted by Crippen LogP contribution is 2.39. The standard InChI is InChI=1S/C27H27ClN2O3/c1-27(2,3)17-6-8-18(9-7-17)30-19-10-11-24(21(28)14-19)33-23-12-13-29-22-16-26(32-5)25(31-4)15-20(22)23/h6-16,30H,1-5H3. The van der Waals surface area contributed by atoms with Gasteiger partial charge in [0.1, 0.15) is 11.5 Å². The lowest BCUT2D eigenvalue weighted by Crippen LogP contribution is -2.10. The molecular weight excluding hydrogens is 436 g/mol. The van der Waals surface area contributed by atoms with Gasteiger partial charge in [-0.25, -0.2) is 0 Å². The summed E-state index contributed by atoms with van der Waals surface area (Å²) in [6, 6.07) is 19.5. The predicted molar refractivity (Wildman–Crippen MR) is 135 cm³/mol. The Morgan fingerprint density at radius 1 is 0.758 bits per heavy atom. The molecule has 0 aliphatic carbocycles. The molecule has 4 rings (SSSR count). The number of nitrogens with zero attached hydrogens (tertiary/aromatic N) is 1. The predicted octanol–water partition coefficient (Wildman–Crippen LogP) is 7.74. The van der Waals surface area contributed by atoms with Crippen LogP contribution in [0.2, 0.25) is 5.02 Å². The normalized spacial score (nSPS) is 11.3. The first kappa shape index (κ1) is 22.7. The highest BCUT2D eigenvalue weighted by molar-refractivity contribution is 6.32. The van der Waals surface area contributed by atoms with Gasteiger partial charge < -0.3 is 19.5 Å². The molecule has 4 aromatic rings. The topological polar surface area (TPSA) is 52.6 Å². The van der Waals surface area contributed by atoms with E-state index in [9.17, 15) is 0 Å². The third-order valence-corrected chi connectivity index (χ3v) is 5.69. The number of halogens is 1. The molecule has 0 bridgehead atoms. The maximum Gasteiger partial charge on any atom is 0.162 e. The Balaban J connectivity index is 1.57. The molecule has 5 nitrogen and oxygen atoms in total. The maximum atomic E-state index is 6.56. The van der Waals surface area contributed by atoms with Gasteiger partial charge in [-0.3, -0.25) is 4.98 Å². The zero-order valence-electron chi connectivity index (χ0n) is 19.4. The van der Waals surface area contributed by atoms with Gasteiger partial charge in [-0.05, 0) is 53.4 Å². The number of fused-ring (bicyclic) bond motifs is 1. The van der Waals surface area contributed by atoms with Crippen LogP contribution < -0.4 is 19.5 Å². The first-order valence-electron chi connectivity index (χ1n) is 10.6. The van der Waals surface area contributed by atoms with Gasteiger partial charge in [0.25, 0.3) is 0 Å². The molecule has 0 spiro atoms. The van der Waals surface area contributed by atoms with Gasteiger partial charge in [0, 0.05) is 29.0 Å². The zero-order valence-corrected chi connectivity index (χ0v) is 20.2. The Hall–Kier alpha value is -3.44. The SMILES string of the molecule is COc1cc2nccc(Oc3ccc(Nc4ccc(C(C)(C)C)cc4)cc3Cl)c2cc1OC. The second kappa shape index (κ2) is 9.20. The lowest BCUT2D eigenvalue weighted by Gasteiger charge is -2.19. The van der Waals surface area contributed by atoms with E-state index < -0.39 is 0 Å². The molecule has 1 heterocycles. The number of rotatable bonds is 6. The number of methoxy groups -OCH3 is 2. The highest BCUT2D eigenvalue weighted by atomic mass is 35.5. The Labute approximate surface area is 199 Å². The van der Waals surface area contributed by atoms with Gasteiger partial charge >= 0.3 is 0 Å². The molecule has 0 radical (unpaired) electrons. The minimum atomic E-state index is 0.118. The summed E-state index contributed by atoms with van der Waals surface area (Å²) in [5.41, 5.74) is 4.01. The smallest absolute Gasteiger partial charge is 0.162 e. The molecule has 33 heavy (non-hydrogen) atoms. The first-order chi connectivity index (χ1) is 15.8.